The summed E-state index contributed by atoms with van der Waals surface area (Å²) in [5.41, 5.74) is 27.1. The van der Waals surface area contributed by atoms with E-state index in [1.54, 1.807) is 0 Å². The van der Waals surface area contributed by atoms with Crippen molar-refractivity contribution < 1.29 is 0 Å². The predicted molar refractivity (Wildman–Crippen MR) is 519 cm³/mol. The van der Waals surface area contributed by atoms with E-state index in [1.807, 2.05) is 6.07 Å². The van der Waals surface area contributed by atoms with Crippen molar-refractivity contribution in [2.24, 2.45) is 0 Å². The van der Waals surface area contributed by atoms with Gasteiger partial charge in [0.2, 0.25) is 0 Å². The summed E-state index contributed by atoms with van der Waals surface area (Å²) in [5.74, 6) is 0. The highest BCUT2D eigenvalue weighted by Crippen LogP contribution is 2.36. The maximum Gasteiger partial charge on any atom is -0.0103 e. The summed E-state index contributed by atoms with van der Waals surface area (Å²) in [4.78, 5) is 0. The standard InChI is InChI=1S/2C23H18.3C17H14.2C11H10/c1-17-14-20(18-8-3-2-4-9-18)16-21(15-17)23-13-7-11-19-10-5-6-12-22(19)23;1-17-13-22(18-7-3-2-4-8-18)16-23(14-17)21-12-11-19-9-5-6-10-20(19)15-21;1-13-11-15-9-5-6-10-16(15)17(12-13)14-7-3-2-4-8-14;1-13-10-11-17-15(12-13)8-5-9-16(17)14-6-3-2-4-7-14;1-13-7-8-17-12-16(10-9-15(17)11-13)14-5-3-2-4-6-14;1-9-5-4-7-10-6-2-3-8-11(9)10;1-9-6-7-10-4-2-3-5-11(10)8-9/h2*2-16H,1H3;3*2-12H,1H3;2*2-8H,1H3. The first kappa shape index (κ1) is 79.7. The first-order valence-corrected chi connectivity index (χ1v) is 41.2. The number of benzene rings is 21. The van der Waals surface area contributed by atoms with Gasteiger partial charge in [0.15, 0.2) is 0 Å². The first-order chi connectivity index (χ1) is 58.4. The Morgan fingerprint density at radius 2 is 0.387 bits per heavy atom. The molecule has 0 radical (unpaired) electrons. The predicted octanol–water partition coefficient (Wildman–Crippen LogP) is 33.7. The summed E-state index contributed by atoms with van der Waals surface area (Å²) in [6.45, 7) is 15.0. The van der Waals surface area contributed by atoms with E-state index >= 15 is 0 Å². The fourth-order valence-corrected chi connectivity index (χ4v) is 15.8. The van der Waals surface area contributed by atoms with Crippen molar-refractivity contribution in [2.45, 2.75) is 48.5 Å². The van der Waals surface area contributed by atoms with Gasteiger partial charge in [-0.25, -0.2) is 0 Å². The van der Waals surface area contributed by atoms with Crippen molar-refractivity contribution in [3.63, 3.8) is 0 Å². The normalized spacial score (nSPS) is 10.6. The Hall–Kier alpha value is -14.6. The van der Waals surface area contributed by atoms with Crippen LogP contribution in [0.15, 0.2) is 467 Å². The summed E-state index contributed by atoms with van der Waals surface area (Å²) in [5, 5.41) is 18.4. The van der Waals surface area contributed by atoms with Crippen molar-refractivity contribution in [2.75, 3.05) is 0 Å². The lowest BCUT2D eigenvalue weighted by atomic mass is 9.93. The molecule has 0 aliphatic heterocycles. The summed E-state index contributed by atoms with van der Waals surface area (Å²) in [6.07, 6.45) is 0. The minimum absolute atomic E-state index is 1.26. The Balaban J connectivity index is 0.000000110. The molecule has 0 aliphatic carbocycles. The second-order valence-electron chi connectivity index (χ2n) is 30.9. The first-order valence-electron chi connectivity index (χ1n) is 41.2. The van der Waals surface area contributed by atoms with Gasteiger partial charge in [0.1, 0.15) is 0 Å². The van der Waals surface area contributed by atoms with E-state index < -0.39 is 0 Å². The molecule has 0 saturated heterocycles. The van der Waals surface area contributed by atoms with Gasteiger partial charge in [-0.2, -0.15) is 0 Å². The second kappa shape index (κ2) is 38.7. The molecule has 0 nitrogen and oxygen atoms in total. The minimum atomic E-state index is 1.26. The summed E-state index contributed by atoms with van der Waals surface area (Å²) in [6, 6.07) is 166. The Bertz CT molecular complexity index is 6920. The SMILES string of the molecule is Cc1cc(-c2ccccc2)c2ccccc2c1.Cc1cc(-c2ccccc2)cc(-c2ccc3ccccc3c2)c1.Cc1cc(-c2ccccc2)cc(-c2cccc3ccccc23)c1.Cc1ccc2c(-c3ccccc3)cccc2c1.Cc1ccc2cc(-c3ccccc3)ccc2c1.Cc1ccc2ccccc2c1.Cc1cccc2ccccc12. The Morgan fingerprint density at radius 3 is 0.908 bits per heavy atom. The minimum Gasteiger partial charge on any atom is -0.0622 e. The Labute approximate surface area is 703 Å². The number of rotatable bonds is 7. The number of aryl methyl sites for hydroxylation is 7. The zero-order valence-corrected chi connectivity index (χ0v) is 69.0. The molecular formula is C119H98. The van der Waals surface area contributed by atoms with E-state index in [2.05, 4.69) is 510 Å². The lowest BCUT2D eigenvalue weighted by Crippen LogP contribution is -1.86. The smallest absolute Gasteiger partial charge is 0.0103 e. The molecule has 0 heteroatoms. The van der Waals surface area contributed by atoms with Crippen LogP contribution in [0.3, 0.4) is 0 Å². The molecule has 0 atom stereocenters. The highest BCUT2D eigenvalue weighted by atomic mass is 14.2. The quantitative estimate of drug-likeness (QED) is 0.149. The second-order valence-corrected chi connectivity index (χ2v) is 30.9. The number of hydrogen-bond acceptors (Lipinski definition) is 0. The molecule has 21 rings (SSSR count). The third kappa shape index (κ3) is 20.6. The van der Waals surface area contributed by atoms with Gasteiger partial charge in [-0.1, -0.05) is 460 Å². The Morgan fingerprint density at radius 1 is 0.109 bits per heavy atom. The fraction of sp³-hybridized carbons (Fsp3) is 0.0588. The molecule has 0 saturated carbocycles. The van der Waals surface area contributed by atoms with Crippen LogP contribution in [-0.2, 0) is 0 Å². The average molecular weight is 1530 g/mol. The van der Waals surface area contributed by atoms with Crippen LogP contribution in [0.1, 0.15) is 38.9 Å². The van der Waals surface area contributed by atoms with E-state index in [1.165, 1.54) is 192 Å². The summed E-state index contributed by atoms with van der Waals surface area (Å²) in [7, 11) is 0. The van der Waals surface area contributed by atoms with Crippen LogP contribution in [0.4, 0.5) is 0 Å². The molecule has 0 aromatic heterocycles. The molecular weight excluding hydrogens is 1430 g/mol. The van der Waals surface area contributed by atoms with E-state index in [4.69, 9.17) is 0 Å². The van der Waals surface area contributed by atoms with Crippen molar-refractivity contribution >= 4 is 75.4 Å². The zero-order valence-electron chi connectivity index (χ0n) is 69.0. The lowest BCUT2D eigenvalue weighted by Gasteiger charge is -2.11. The molecule has 119 heavy (non-hydrogen) atoms. The average Bonchev–Trinajstić information content (AvgIpc) is 0.794. The molecule has 0 spiro atoms. The van der Waals surface area contributed by atoms with E-state index in [0.717, 1.165) is 0 Å². The van der Waals surface area contributed by atoms with Crippen LogP contribution in [-0.4, -0.2) is 0 Å². The van der Waals surface area contributed by atoms with E-state index in [-0.39, 0.29) is 0 Å². The molecule has 0 aliphatic rings. The van der Waals surface area contributed by atoms with Crippen LogP contribution in [0.2, 0.25) is 0 Å². The highest BCUT2D eigenvalue weighted by Gasteiger charge is 2.11. The van der Waals surface area contributed by atoms with Crippen molar-refractivity contribution in [1.82, 2.24) is 0 Å². The van der Waals surface area contributed by atoms with Gasteiger partial charge in [-0.15, -0.1) is 0 Å². The van der Waals surface area contributed by atoms with Crippen LogP contribution in [0.25, 0.3) is 153 Å². The molecule has 0 N–H and O–H groups in total. The van der Waals surface area contributed by atoms with E-state index in [0.29, 0.717) is 0 Å². The number of fused-ring (bicyclic) bond motifs is 7. The topological polar surface area (TPSA) is 0 Å². The maximum atomic E-state index is 2.30. The van der Waals surface area contributed by atoms with Gasteiger partial charge in [0.05, 0.1) is 0 Å². The molecule has 0 fully saturated rings. The van der Waals surface area contributed by atoms with Gasteiger partial charge in [0.25, 0.3) is 0 Å². The maximum absolute atomic E-state index is 2.30. The third-order valence-corrected chi connectivity index (χ3v) is 21.8. The van der Waals surface area contributed by atoms with E-state index in [9.17, 15) is 0 Å². The van der Waals surface area contributed by atoms with Gasteiger partial charge < -0.3 is 0 Å². The van der Waals surface area contributed by atoms with Crippen molar-refractivity contribution in [1.29, 1.82) is 0 Å². The fourth-order valence-electron chi connectivity index (χ4n) is 15.8. The molecule has 21 aromatic rings. The zero-order chi connectivity index (χ0) is 81.7. The van der Waals surface area contributed by atoms with Crippen molar-refractivity contribution in [3.05, 3.63) is 506 Å². The van der Waals surface area contributed by atoms with Crippen LogP contribution in [0.5, 0.6) is 0 Å². The largest absolute Gasteiger partial charge is 0.0622 e. The van der Waals surface area contributed by atoms with Gasteiger partial charge in [0, 0.05) is 0 Å². The van der Waals surface area contributed by atoms with Gasteiger partial charge in [-0.05, 0) is 248 Å². The Kier molecular flexibility index (Phi) is 25.9. The van der Waals surface area contributed by atoms with Gasteiger partial charge in [-0.3, -0.25) is 0 Å². The molecule has 0 heterocycles. The van der Waals surface area contributed by atoms with Crippen LogP contribution < -0.4 is 0 Å². The van der Waals surface area contributed by atoms with Crippen LogP contribution >= 0.6 is 0 Å². The monoisotopic (exact) mass is 1530 g/mol. The van der Waals surface area contributed by atoms with Crippen molar-refractivity contribution in [3.8, 4) is 77.9 Å². The van der Waals surface area contributed by atoms with Gasteiger partial charge >= 0.3 is 0 Å². The highest BCUT2D eigenvalue weighted by molar-refractivity contribution is 6.00. The molecule has 21 aromatic carbocycles. The number of hydrogen-bond donors (Lipinski definition) is 0. The molecule has 0 bridgehead atoms. The van der Waals surface area contributed by atoms with Crippen LogP contribution in [0, 0.1) is 48.5 Å². The molecule has 0 unspecified atom stereocenters. The molecule has 574 valence electrons. The molecule has 0 amide bonds. The summed E-state index contributed by atoms with van der Waals surface area (Å²) >= 11 is 0. The lowest BCUT2D eigenvalue weighted by molar-refractivity contribution is 1.46. The summed E-state index contributed by atoms with van der Waals surface area (Å²) < 4.78 is 0. The third-order valence-electron chi connectivity index (χ3n) is 21.8.